The van der Waals surface area contributed by atoms with Crippen LogP contribution in [0.25, 0.3) is 0 Å². The van der Waals surface area contributed by atoms with Crippen LogP contribution in [-0.2, 0) is 7.05 Å². The van der Waals surface area contributed by atoms with Crippen LogP contribution < -0.4 is 9.64 Å². The number of piperidine rings is 2. The molecule has 0 unspecified atom stereocenters. The van der Waals surface area contributed by atoms with Crippen LogP contribution >= 0.6 is 0 Å². The van der Waals surface area contributed by atoms with Gasteiger partial charge in [-0.3, -0.25) is 4.79 Å². The molecule has 0 radical (unpaired) electrons. The molecule has 0 saturated carbocycles. The Bertz CT molecular complexity index is 789. The summed E-state index contributed by atoms with van der Waals surface area (Å²) in [4.78, 5) is 29.8. The molecule has 2 aliphatic heterocycles. The number of rotatable bonds is 4. The van der Waals surface area contributed by atoms with E-state index in [-0.39, 0.29) is 5.91 Å². The Labute approximate surface area is 165 Å². The molecule has 28 heavy (non-hydrogen) atoms. The fraction of sp³-hybridized carbons (Fsp3) is 0.600. The molecule has 2 aromatic rings. The number of imidazole rings is 1. The number of likely N-dealkylation sites (tertiary alicyclic amines) is 1. The molecule has 8 nitrogen and oxygen atoms in total. The summed E-state index contributed by atoms with van der Waals surface area (Å²) in [6.07, 6.45) is 11.4. The molecule has 0 bridgehead atoms. The molecule has 2 fully saturated rings. The normalized spacial score (nSPS) is 19.1. The highest BCUT2D eigenvalue weighted by molar-refractivity contribution is 5.92. The van der Waals surface area contributed by atoms with Crippen molar-refractivity contribution in [1.82, 2.24) is 24.4 Å². The monoisotopic (exact) mass is 384 g/mol. The molecule has 4 heterocycles. The van der Waals surface area contributed by atoms with E-state index < -0.39 is 0 Å². The largest absolute Gasteiger partial charge is 0.494 e. The van der Waals surface area contributed by atoms with E-state index in [2.05, 4.69) is 19.9 Å². The SMILES string of the molecule is COc1cnc(N2CCC(C3CCN(C(=O)c4cn(C)cn4)CC3)CC2)nc1. The van der Waals surface area contributed by atoms with Crippen LogP contribution in [-0.4, -0.2) is 63.6 Å². The first kappa shape index (κ1) is 18.7. The van der Waals surface area contributed by atoms with Crippen molar-refractivity contribution < 1.29 is 9.53 Å². The number of aryl methyl sites for hydroxylation is 1. The molecule has 150 valence electrons. The average Bonchev–Trinajstić information content (AvgIpc) is 3.20. The van der Waals surface area contributed by atoms with Gasteiger partial charge < -0.3 is 19.1 Å². The lowest BCUT2D eigenvalue weighted by molar-refractivity contribution is 0.0640. The fourth-order valence-corrected chi connectivity index (χ4v) is 4.41. The second kappa shape index (κ2) is 8.16. The van der Waals surface area contributed by atoms with Crippen LogP contribution in [0.2, 0.25) is 0 Å². The summed E-state index contributed by atoms with van der Waals surface area (Å²) in [5.41, 5.74) is 0.550. The van der Waals surface area contributed by atoms with Gasteiger partial charge in [0.25, 0.3) is 5.91 Å². The fourth-order valence-electron chi connectivity index (χ4n) is 4.41. The van der Waals surface area contributed by atoms with Gasteiger partial charge in [0.05, 0.1) is 25.8 Å². The van der Waals surface area contributed by atoms with E-state index in [0.717, 1.165) is 63.7 Å². The zero-order chi connectivity index (χ0) is 19.5. The van der Waals surface area contributed by atoms with Crippen molar-refractivity contribution >= 4 is 11.9 Å². The molecule has 2 aromatic heterocycles. The van der Waals surface area contributed by atoms with Crippen LogP contribution in [0.3, 0.4) is 0 Å². The second-order valence-corrected chi connectivity index (χ2v) is 7.80. The van der Waals surface area contributed by atoms with Gasteiger partial charge >= 0.3 is 0 Å². The number of carbonyl (C=O) groups is 1. The Kier molecular flexibility index (Phi) is 5.45. The van der Waals surface area contributed by atoms with Gasteiger partial charge in [-0.05, 0) is 37.5 Å². The number of methoxy groups -OCH3 is 1. The molecule has 0 atom stereocenters. The van der Waals surface area contributed by atoms with Crippen LogP contribution in [0.15, 0.2) is 24.9 Å². The van der Waals surface area contributed by atoms with Crippen LogP contribution in [0.4, 0.5) is 5.95 Å². The smallest absolute Gasteiger partial charge is 0.274 e. The second-order valence-electron chi connectivity index (χ2n) is 7.80. The molecule has 0 spiro atoms. The highest BCUT2D eigenvalue weighted by Crippen LogP contribution is 2.33. The van der Waals surface area contributed by atoms with Crippen molar-refractivity contribution in [2.45, 2.75) is 25.7 Å². The summed E-state index contributed by atoms with van der Waals surface area (Å²) in [5, 5.41) is 0. The molecule has 4 rings (SSSR count). The number of anilines is 1. The molecular weight excluding hydrogens is 356 g/mol. The number of ether oxygens (including phenoxy) is 1. The van der Waals surface area contributed by atoms with Gasteiger partial charge in [-0.2, -0.15) is 0 Å². The lowest BCUT2D eigenvalue weighted by Gasteiger charge is -2.40. The standard InChI is InChI=1S/C20H28N6O2/c1-24-13-18(23-14-24)19(27)25-7-3-15(4-8-25)16-5-9-26(10-6-16)20-21-11-17(28-2)12-22-20/h11-16H,3-10H2,1-2H3. The zero-order valence-corrected chi connectivity index (χ0v) is 16.6. The Hall–Kier alpha value is -2.64. The van der Waals surface area contributed by atoms with Crippen molar-refractivity contribution in [2.24, 2.45) is 18.9 Å². The number of hydrogen-bond donors (Lipinski definition) is 0. The van der Waals surface area contributed by atoms with Gasteiger partial charge in [0.2, 0.25) is 5.95 Å². The lowest BCUT2D eigenvalue weighted by Crippen LogP contribution is -2.43. The first-order chi connectivity index (χ1) is 13.6. The molecule has 2 saturated heterocycles. The van der Waals surface area contributed by atoms with E-state index in [1.165, 1.54) is 0 Å². The van der Waals surface area contributed by atoms with E-state index in [1.54, 1.807) is 32.0 Å². The third-order valence-corrected chi connectivity index (χ3v) is 6.09. The number of hydrogen-bond acceptors (Lipinski definition) is 6. The minimum atomic E-state index is 0.0607. The maximum atomic E-state index is 12.6. The van der Waals surface area contributed by atoms with E-state index >= 15 is 0 Å². The van der Waals surface area contributed by atoms with Crippen molar-refractivity contribution in [2.75, 3.05) is 38.2 Å². The van der Waals surface area contributed by atoms with Crippen molar-refractivity contribution in [3.63, 3.8) is 0 Å². The number of amides is 1. The molecule has 2 aliphatic rings. The molecule has 0 aliphatic carbocycles. The highest BCUT2D eigenvalue weighted by atomic mass is 16.5. The predicted octanol–water partition coefficient (Wildman–Crippen LogP) is 1.99. The summed E-state index contributed by atoms with van der Waals surface area (Å²) >= 11 is 0. The minimum Gasteiger partial charge on any atom is -0.494 e. The Morgan fingerprint density at radius 2 is 1.61 bits per heavy atom. The molecule has 8 heteroatoms. The minimum absolute atomic E-state index is 0.0607. The topological polar surface area (TPSA) is 76.4 Å². The summed E-state index contributed by atoms with van der Waals surface area (Å²) in [5.74, 6) is 2.96. The van der Waals surface area contributed by atoms with Gasteiger partial charge in [0.1, 0.15) is 5.69 Å². The van der Waals surface area contributed by atoms with Crippen LogP contribution in [0.5, 0.6) is 5.75 Å². The summed E-state index contributed by atoms with van der Waals surface area (Å²) < 4.78 is 6.95. The number of carbonyl (C=O) groups excluding carboxylic acids is 1. The van der Waals surface area contributed by atoms with Gasteiger partial charge in [-0.25, -0.2) is 15.0 Å². The predicted molar refractivity (Wildman–Crippen MR) is 105 cm³/mol. The van der Waals surface area contributed by atoms with Crippen LogP contribution in [0.1, 0.15) is 36.2 Å². The van der Waals surface area contributed by atoms with Gasteiger partial charge in [0.15, 0.2) is 5.75 Å². The zero-order valence-electron chi connectivity index (χ0n) is 16.6. The summed E-state index contributed by atoms with van der Waals surface area (Å²) in [7, 11) is 3.51. The quantitative estimate of drug-likeness (QED) is 0.802. The lowest BCUT2D eigenvalue weighted by atomic mass is 9.79. The Morgan fingerprint density at radius 1 is 1.00 bits per heavy atom. The third kappa shape index (κ3) is 3.95. The highest BCUT2D eigenvalue weighted by Gasteiger charge is 2.32. The van der Waals surface area contributed by atoms with E-state index in [4.69, 9.17) is 4.74 Å². The van der Waals surface area contributed by atoms with Gasteiger partial charge in [-0.15, -0.1) is 0 Å². The van der Waals surface area contributed by atoms with E-state index in [1.807, 2.05) is 16.5 Å². The van der Waals surface area contributed by atoms with Gasteiger partial charge in [-0.1, -0.05) is 0 Å². The summed E-state index contributed by atoms with van der Waals surface area (Å²) in [6, 6.07) is 0. The van der Waals surface area contributed by atoms with E-state index in [9.17, 15) is 4.79 Å². The first-order valence-corrected chi connectivity index (χ1v) is 10.0. The van der Waals surface area contributed by atoms with Crippen molar-refractivity contribution in [1.29, 1.82) is 0 Å². The molecule has 0 aromatic carbocycles. The van der Waals surface area contributed by atoms with Crippen molar-refractivity contribution in [3.8, 4) is 5.75 Å². The van der Waals surface area contributed by atoms with Crippen LogP contribution in [0, 0.1) is 11.8 Å². The number of nitrogens with zero attached hydrogens (tertiary/aromatic N) is 6. The third-order valence-electron chi connectivity index (χ3n) is 6.09. The van der Waals surface area contributed by atoms with E-state index in [0.29, 0.717) is 17.4 Å². The summed E-state index contributed by atoms with van der Waals surface area (Å²) in [6.45, 7) is 3.65. The Morgan fingerprint density at radius 3 is 2.14 bits per heavy atom. The average molecular weight is 384 g/mol. The van der Waals surface area contributed by atoms with Gasteiger partial charge in [0, 0.05) is 39.4 Å². The molecular formula is C20H28N6O2. The maximum Gasteiger partial charge on any atom is 0.274 e. The Balaban J connectivity index is 1.26. The van der Waals surface area contributed by atoms with Crippen molar-refractivity contribution in [3.05, 3.63) is 30.6 Å². The first-order valence-electron chi connectivity index (χ1n) is 10.0. The number of aromatic nitrogens is 4. The maximum absolute atomic E-state index is 12.6. The molecule has 0 N–H and O–H groups in total. The molecule has 1 amide bonds.